The third kappa shape index (κ3) is 2.66. The number of aromatic nitrogens is 4. The molecule has 100 valence electrons. The normalized spacial score (nSPS) is 20.0. The van der Waals surface area contributed by atoms with Crippen LogP contribution in [0.15, 0.2) is 18.5 Å². The van der Waals surface area contributed by atoms with Crippen molar-refractivity contribution >= 4 is 0 Å². The molecule has 5 heteroatoms. The van der Waals surface area contributed by atoms with Gasteiger partial charge in [0.25, 0.3) is 0 Å². The summed E-state index contributed by atoms with van der Waals surface area (Å²) in [6, 6.07) is 2.39. The number of nitrogens with zero attached hydrogens (tertiary/aromatic N) is 4. The zero-order chi connectivity index (χ0) is 13.2. The van der Waals surface area contributed by atoms with Gasteiger partial charge in [0.2, 0.25) is 0 Å². The summed E-state index contributed by atoms with van der Waals surface area (Å²) in [5.74, 6) is 1.92. The second kappa shape index (κ2) is 5.09. The van der Waals surface area contributed by atoms with Gasteiger partial charge in [-0.1, -0.05) is 0 Å². The summed E-state index contributed by atoms with van der Waals surface area (Å²) in [5, 5.41) is 0. The highest BCUT2D eigenvalue weighted by atomic mass is 15.2. The predicted octanol–water partition coefficient (Wildman–Crippen LogP) is 2.15. The maximum Gasteiger partial charge on any atom is 0.125 e. The first-order valence-corrected chi connectivity index (χ1v) is 6.76. The molecule has 1 aliphatic heterocycles. The number of aromatic amines is 1. The molecular formula is C14H19N5. The van der Waals surface area contributed by atoms with Gasteiger partial charge >= 0.3 is 0 Å². The van der Waals surface area contributed by atoms with Crippen molar-refractivity contribution in [1.82, 2.24) is 24.8 Å². The maximum absolute atomic E-state index is 4.49. The van der Waals surface area contributed by atoms with Crippen LogP contribution in [0.3, 0.4) is 0 Å². The quantitative estimate of drug-likeness (QED) is 0.915. The Morgan fingerprint density at radius 3 is 3.00 bits per heavy atom. The van der Waals surface area contributed by atoms with Gasteiger partial charge in [0, 0.05) is 24.6 Å². The Hall–Kier alpha value is -1.75. The van der Waals surface area contributed by atoms with Crippen LogP contribution in [0.4, 0.5) is 0 Å². The Bertz CT molecular complexity index is 562. The molecule has 0 bridgehead atoms. The van der Waals surface area contributed by atoms with E-state index >= 15 is 0 Å². The fourth-order valence-electron chi connectivity index (χ4n) is 2.73. The molecule has 0 spiro atoms. The Kier molecular flexibility index (Phi) is 3.29. The van der Waals surface area contributed by atoms with E-state index in [2.05, 4.69) is 24.8 Å². The number of imidazole rings is 1. The van der Waals surface area contributed by atoms with Gasteiger partial charge in [-0.25, -0.2) is 15.0 Å². The molecule has 1 atom stereocenters. The van der Waals surface area contributed by atoms with Crippen molar-refractivity contribution in [3.63, 3.8) is 0 Å². The van der Waals surface area contributed by atoms with E-state index in [4.69, 9.17) is 0 Å². The van der Waals surface area contributed by atoms with E-state index in [0.717, 1.165) is 42.5 Å². The zero-order valence-electron chi connectivity index (χ0n) is 11.4. The van der Waals surface area contributed by atoms with E-state index in [0.29, 0.717) is 6.04 Å². The number of aryl methyl sites for hydroxylation is 2. The van der Waals surface area contributed by atoms with Gasteiger partial charge in [-0.3, -0.25) is 4.90 Å². The van der Waals surface area contributed by atoms with Crippen molar-refractivity contribution in [2.75, 3.05) is 6.54 Å². The number of hydrogen-bond donors (Lipinski definition) is 1. The summed E-state index contributed by atoms with van der Waals surface area (Å²) in [5.41, 5.74) is 2.21. The van der Waals surface area contributed by atoms with E-state index in [1.807, 2.05) is 32.3 Å². The molecule has 3 rings (SSSR count). The molecule has 1 saturated heterocycles. The summed E-state index contributed by atoms with van der Waals surface area (Å²) in [6.45, 7) is 5.95. The van der Waals surface area contributed by atoms with Crippen LogP contribution in [0, 0.1) is 13.8 Å². The Morgan fingerprint density at radius 2 is 2.26 bits per heavy atom. The largest absolute Gasteiger partial charge is 0.345 e. The zero-order valence-corrected chi connectivity index (χ0v) is 11.4. The van der Waals surface area contributed by atoms with Gasteiger partial charge in [0.15, 0.2) is 0 Å². The maximum atomic E-state index is 4.49. The molecule has 2 aromatic heterocycles. The highest BCUT2D eigenvalue weighted by molar-refractivity contribution is 5.07. The van der Waals surface area contributed by atoms with Crippen molar-refractivity contribution in [3.8, 4) is 0 Å². The molecule has 2 aromatic rings. The highest BCUT2D eigenvalue weighted by Gasteiger charge is 2.28. The van der Waals surface area contributed by atoms with Crippen LogP contribution in [0.1, 0.15) is 41.9 Å². The second-order valence-corrected chi connectivity index (χ2v) is 5.18. The van der Waals surface area contributed by atoms with Crippen LogP contribution in [0.5, 0.6) is 0 Å². The Balaban J connectivity index is 1.76. The minimum absolute atomic E-state index is 0.393. The van der Waals surface area contributed by atoms with Crippen molar-refractivity contribution in [1.29, 1.82) is 0 Å². The average Bonchev–Trinajstić information content (AvgIpc) is 2.98. The topological polar surface area (TPSA) is 57.7 Å². The van der Waals surface area contributed by atoms with Crippen molar-refractivity contribution in [3.05, 3.63) is 41.5 Å². The predicted molar refractivity (Wildman–Crippen MR) is 72.5 cm³/mol. The van der Waals surface area contributed by atoms with Crippen LogP contribution >= 0.6 is 0 Å². The third-order valence-corrected chi connectivity index (χ3v) is 3.60. The lowest BCUT2D eigenvalue weighted by Crippen LogP contribution is -2.24. The van der Waals surface area contributed by atoms with Gasteiger partial charge in [-0.2, -0.15) is 0 Å². The number of nitrogens with one attached hydrogen (secondary N) is 1. The van der Waals surface area contributed by atoms with Crippen LogP contribution in [-0.2, 0) is 6.54 Å². The molecule has 1 N–H and O–H groups in total. The first-order chi connectivity index (χ1) is 9.22. The van der Waals surface area contributed by atoms with Gasteiger partial charge in [0.05, 0.1) is 11.7 Å². The van der Waals surface area contributed by atoms with Gasteiger partial charge in [-0.05, 0) is 39.3 Å². The minimum atomic E-state index is 0.393. The molecule has 5 nitrogen and oxygen atoms in total. The molecule has 0 amide bonds. The molecule has 3 heterocycles. The molecule has 1 aliphatic rings. The number of hydrogen-bond acceptors (Lipinski definition) is 4. The summed E-state index contributed by atoms with van der Waals surface area (Å²) < 4.78 is 0. The van der Waals surface area contributed by atoms with Crippen LogP contribution in [-0.4, -0.2) is 31.4 Å². The Morgan fingerprint density at radius 1 is 1.37 bits per heavy atom. The molecular weight excluding hydrogens is 238 g/mol. The highest BCUT2D eigenvalue weighted by Crippen LogP contribution is 2.31. The molecule has 0 saturated carbocycles. The van der Waals surface area contributed by atoms with E-state index in [1.54, 1.807) is 0 Å². The lowest BCUT2D eigenvalue weighted by molar-refractivity contribution is 0.237. The van der Waals surface area contributed by atoms with E-state index in [-0.39, 0.29) is 0 Å². The fourth-order valence-corrected chi connectivity index (χ4v) is 2.73. The first kappa shape index (κ1) is 12.3. The summed E-state index contributed by atoms with van der Waals surface area (Å²) in [7, 11) is 0. The number of H-pyrrole nitrogens is 1. The van der Waals surface area contributed by atoms with Gasteiger partial charge in [-0.15, -0.1) is 0 Å². The van der Waals surface area contributed by atoms with E-state index in [1.165, 1.54) is 6.42 Å². The summed E-state index contributed by atoms with van der Waals surface area (Å²) in [6.07, 6.45) is 6.12. The first-order valence-electron chi connectivity index (χ1n) is 6.76. The fraction of sp³-hybridized carbons (Fsp3) is 0.500. The lowest BCUT2D eigenvalue weighted by atomic mass is 10.2. The SMILES string of the molecule is Cc1nccc(CN2CCC[C@@H]2c2ncc(C)[nH]2)n1. The molecule has 0 radical (unpaired) electrons. The van der Waals surface area contributed by atoms with E-state index in [9.17, 15) is 0 Å². The Labute approximate surface area is 113 Å². The summed E-state index contributed by atoms with van der Waals surface area (Å²) >= 11 is 0. The monoisotopic (exact) mass is 257 g/mol. The lowest BCUT2D eigenvalue weighted by Gasteiger charge is -2.22. The van der Waals surface area contributed by atoms with Crippen LogP contribution < -0.4 is 0 Å². The smallest absolute Gasteiger partial charge is 0.125 e. The van der Waals surface area contributed by atoms with Crippen LogP contribution in [0.25, 0.3) is 0 Å². The van der Waals surface area contributed by atoms with Crippen molar-refractivity contribution in [2.45, 2.75) is 39.3 Å². The van der Waals surface area contributed by atoms with Gasteiger partial charge < -0.3 is 4.98 Å². The molecule has 0 aliphatic carbocycles. The standard InChI is InChI=1S/C14H19N5/c1-10-8-16-14(17-10)13-4-3-7-19(13)9-12-5-6-15-11(2)18-12/h5-6,8,13H,3-4,7,9H2,1-2H3,(H,16,17)/t13-/m1/s1. The van der Waals surface area contributed by atoms with Crippen LogP contribution in [0.2, 0.25) is 0 Å². The summed E-state index contributed by atoms with van der Waals surface area (Å²) in [4.78, 5) is 18.9. The number of rotatable bonds is 3. The number of likely N-dealkylation sites (tertiary alicyclic amines) is 1. The van der Waals surface area contributed by atoms with E-state index < -0.39 is 0 Å². The minimum Gasteiger partial charge on any atom is -0.345 e. The third-order valence-electron chi connectivity index (χ3n) is 3.60. The molecule has 0 unspecified atom stereocenters. The van der Waals surface area contributed by atoms with Crippen molar-refractivity contribution in [2.24, 2.45) is 0 Å². The van der Waals surface area contributed by atoms with Gasteiger partial charge in [0.1, 0.15) is 11.6 Å². The average molecular weight is 257 g/mol. The van der Waals surface area contributed by atoms with Crippen molar-refractivity contribution < 1.29 is 0 Å². The molecule has 0 aromatic carbocycles. The second-order valence-electron chi connectivity index (χ2n) is 5.18. The molecule has 19 heavy (non-hydrogen) atoms. The molecule has 1 fully saturated rings.